The van der Waals surface area contributed by atoms with Crippen molar-refractivity contribution in [3.8, 4) is 0 Å². The van der Waals surface area contributed by atoms with Crippen LogP contribution < -0.4 is 10.6 Å². The maximum Gasteiger partial charge on any atom is 0.315 e. The van der Waals surface area contributed by atoms with Crippen LogP contribution in [0.5, 0.6) is 0 Å². The molecule has 2 heterocycles. The summed E-state index contributed by atoms with van der Waals surface area (Å²) >= 11 is 0. The van der Waals surface area contributed by atoms with Gasteiger partial charge >= 0.3 is 6.01 Å². The van der Waals surface area contributed by atoms with Crippen molar-refractivity contribution in [2.24, 2.45) is 0 Å². The smallest absolute Gasteiger partial charge is 0.315 e. The zero-order valence-corrected chi connectivity index (χ0v) is 10.6. The first-order chi connectivity index (χ1) is 8.83. The first-order valence-electron chi connectivity index (χ1n) is 5.97. The Morgan fingerprint density at radius 3 is 2.94 bits per heavy atom. The van der Waals surface area contributed by atoms with E-state index in [9.17, 15) is 0 Å². The lowest BCUT2D eigenvalue weighted by atomic mass is 10.1. The van der Waals surface area contributed by atoms with Crippen molar-refractivity contribution in [2.45, 2.75) is 26.4 Å². The van der Waals surface area contributed by atoms with E-state index in [4.69, 9.17) is 4.42 Å². The molecule has 0 atom stereocenters. The molecule has 18 heavy (non-hydrogen) atoms. The second-order valence-electron chi connectivity index (χ2n) is 3.85. The minimum Gasteiger partial charge on any atom is -0.407 e. The van der Waals surface area contributed by atoms with Crippen molar-refractivity contribution >= 4 is 6.01 Å². The lowest BCUT2D eigenvalue weighted by molar-refractivity contribution is 0.489. The van der Waals surface area contributed by atoms with Crippen LogP contribution in [0.1, 0.15) is 24.1 Å². The zero-order valence-electron chi connectivity index (χ0n) is 10.6. The molecule has 0 aliphatic heterocycles. The highest BCUT2D eigenvalue weighted by atomic mass is 16.4. The molecule has 0 aromatic carbocycles. The second-order valence-corrected chi connectivity index (χ2v) is 3.85. The maximum absolute atomic E-state index is 5.40. The van der Waals surface area contributed by atoms with Gasteiger partial charge < -0.3 is 15.1 Å². The summed E-state index contributed by atoms with van der Waals surface area (Å²) in [5.41, 5.74) is 2.23. The highest BCUT2D eigenvalue weighted by Gasteiger charge is 2.06. The van der Waals surface area contributed by atoms with Gasteiger partial charge in [0, 0.05) is 6.20 Å². The molecule has 0 fully saturated rings. The van der Waals surface area contributed by atoms with E-state index >= 15 is 0 Å². The summed E-state index contributed by atoms with van der Waals surface area (Å²) in [5.74, 6) is 0.566. The fourth-order valence-electron chi connectivity index (χ4n) is 1.66. The molecular formula is C12H17N5O. The normalized spacial score (nSPS) is 10.6. The van der Waals surface area contributed by atoms with Gasteiger partial charge in [-0.1, -0.05) is 18.1 Å². The lowest BCUT2D eigenvalue weighted by Gasteiger charge is -2.05. The summed E-state index contributed by atoms with van der Waals surface area (Å²) in [6.07, 6.45) is 2.75. The molecule has 0 saturated carbocycles. The van der Waals surface area contributed by atoms with E-state index in [-0.39, 0.29) is 0 Å². The van der Waals surface area contributed by atoms with Gasteiger partial charge in [-0.2, -0.15) is 0 Å². The molecule has 6 nitrogen and oxygen atoms in total. The van der Waals surface area contributed by atoms with Crippen molar-refractivity contribution in [1.82, 2.24) is 20.5 Å². The summed E-state index contributed by atoms with van der Waals surface area (Å²) < 4.78 is 5.40. The van der Waals surface area contributed by atoms with Gasteiger partial charge in [0.1, 0.15) is 0 Å². The van der Waals surface area contributed by atoms with Crippen LogP contribution in [-0.4, -0.2) is 22.2 Å². The Balaban J connectivity index is 1.97. The number of anilines is 1. The van der Waals surface area contributed by atoms with Gasteiger partial charge in [0.2, 0.25) is 5.89 Å². The fraction of sp³-hybridized carbons (Fsp3) is 0.417. The van der Waals surface area contributed by atoms with Crippen molar-refractivity contribution in [2.75, 3.05) is 12.4 Å². The summed E-state index contributed by atoms with van der Waals surface area (Å²) in [7, 11) is 1.83. The van der Waals surface area contributed by atoms with Crippen molar-refractivity contribution in [1.29, 1.82) is 0 Å². The van der Waals surface area contributed by atoms with E-state index in [2.05, 4.69) is 38.8 Å². The van der Waals surface area contributed by atoms with Crippen LogP contribution in [0.15, 0.2) is 22.7 Å². The molecule has 0 aliphatic rings. The third-order valence-corrected chi connectivity index (χ3v) is 2.57. The van der Waals surface area contributed by atoms with Crippen LogP contribution in [0.2, 0.25) is 0 Å². The number of nitrogens with zero attached hydrogens (tertiary/aromatic N) is 3. The molecule has 0 spiro atoms. The third-order valence-electron chi connectivity index (χ3n) is 2.57. The Kier molecular flexibility index (Phi) is 4.25. The topological polar surface area (TPSA) is 75.9 Å². The average Bonchev–Trinajstić information content (AvgIpc) is 2.85. The minimum atomic E-state index is 0.424. The molecule has 2 aromatic heterocycles. The number of pyridine rings is 1. The van der Waals surface area contributed by atoms with E-state index in [0.29, 0.717) is 25.0 Å². The summed E-state index contributed by atoms with van der Waals surface area (Å²) in [6, 6.07) is 4.44. The fourth-order valence-corrected chi connectivity index (χ4v) is 1.66. The predicted molar refractivity (Wildman–Crippen MR) is 68.0 cm³/mol. The second kappa shape index (κ2) is 6.11. The number of hydrogen-bond acceptors (Lipinski definition) is 6. The zero-order chi connectivity index (χ0) is 12.8. The Morgan fingerprint density at radius 1 is 1.28 bits per heavy atom. The summed E-state index contributed by atoms with van der Waals surface area (Å²) in [6.45, 7) is 3.27. The van der Waals surface area contributed by atoms with Crippen LogP contribution in [0.4, 0.5) is 6.01 Å². The monoisotopic (exact) mass is 247 g/mol. The van der Waals surface area contributed by atoms with Crippen LogP contribution in [-0.2, 0) is 19.5 Å². The quantitative estimate of drug-likeness (QED) is 0.802. The van der Waals surface area contributed by atoms with Crippen LogP contribution in [0.3, 0.4) is 0 Å². The molecule has 0 saturated heterocycles. The lowest BCUT2D eigenvalue weighted by Crippen LogP contribution is -2.05. The molecule has 6 heteroatoms. The Bertz CT molecular complexity index is 497. The van der Waals surface area contributed by atoms with E-state index in [1.54, 1.807) is 6.20 Å². The van der Waals surface area contributed by atoms with E-state index in [0.717, 1.165) is 12.1 Å². The largest absolute Gasteiger partial charge is 0.407 e. The van der Waals surface area contributed by atoms with Crippen molar-refractivity contribution in [3.63, 3.8) is 0 Å². The Morgan fingerprint density at radius 2 is 2.17 bits per heavy atom. The molecule has 0 bridgehead atoms. The van der Waals surface area contributed by atoms with Gasteiger partial charge in [0.05, 0.1) is 18.8 Å². The van der Waals surface area contributed by atoms with Crippen molar-refractivity contribution < 1.29 is 4.42 Å². The average molecular weight is 247 g/mol. The van der Waals surface area contributed by atoms with Gasteiger partial charge in [0.15, 0.2) is 0 Å². The Hall–Kier alpha value is -1.95. The molecule has 0 unspecified atom stereocenters. The molecule has 0 amide bonds. The van der Waals surface area contributed by atoms with E-state index in [1.165, 1.54) is 5.56 Å². The van der Waals surface area contributed by atoms with Crippen LogP contribution in [0, 0.1) is 0 Å². The van der Waals surface area contributed by atoms with E-state index < -0.39 is 0 Å². The SMILES string of the molecule is CCc1cccnc1CNc1nnc(CNC)o1. The van der Waals surface area contributed by atoms with Gasteiger partial charge in [-0.25, -0.2) is 0 Å². The first-order valence-corrected chi connectivity index (χ1v) is 5.97. The van der Waals surface area contributed by atoms with Crippen LogP contribution >= 0.6 is 0 Å². The number of aryl methyl sites for hydroxylation is 1. The highest BCUT2D eigenvalue weighted by Crippen LogP contribution is 2.10. The van der Waals surface area contributed by atoms with Gasteiger partial charge in [0.25, 0.3) is 0 Å². The van der Waals surface area contributed by atoms with Crippen LogP contribution in [0.25, 0.3) is 0 Å². The third kappa shape index (κ3) is 3.04. The molecule has 2 rings (SSSR count). The standard InChI is InChI=1S/C12H17N5O/c1-3-9-5-4-6-14-10(9)7-15-12-17-16-11(18-12)8-13-2/h4-6,13H,3,7-8H2,1-2H3,(H,15,17). The van der Waals surface area contributed by atoms with Gasteiger partial charge in [-0.3, -0.25) is 4.98 Å². The first kappa shape index (κ1) is 12.5. The highest BCUT2D eigenvalue weighted by molar-refractivity contribution is 5.25. The maximum atomic E-state index is 5.40. The molecule has 96 valence electrons. The molecular weight excluding hydrogens is 230 g/mol. The van der Waals surface area contributed by atoms with E-state index in [1.807, 2.05) is 13.1 Å². The van der Waals surface area contributed by atoms with Gasteiger partial charge in [-0.15, -0.1) is 5.10 Å². The number of hydrogen-bond donors (Lipinski definition) is 2. The molecule has 2 N–H and O–H groups in total. The number of rotatable bonds is 6. The van der Waals surface area contributed by atoms with Crippen molar-refractivity contribution in [3.05, 3.63) is 35.5 Å². The minimum absolute atomic E-state index is 0.424. The van der Waals surface area contributed by atoms with Gasteiger partial charge in [-0.05, 0) is 25.1 Å². The number of nitrogens with one attached hydrogen (secondary N) is 2. The number of aromatic nitrogens is 3. The summed E-state index contributed by atoms with van der Waals surface area (Å²) in [4.78, 5) is 4.34. The molecule has 2 aromatic rings. The Labute approximate surface area is 106 Å². The summed E-state index contributed by atoms with van der Waals surface area (Å²) in [5, 5.41) is 13.8. The molecule has 0 aliphatic carbocycles. The predicted octanol–water partition coefficient (Wildman–Crippen LogP) is 1.36. The molecule has 0 radical (unpaired) electrons.